The molecule has 0 radical (unpaired) electrons. The third-order valence-corrected chi connectivity index (χ3v) is 3.99. The zero-order valence-corrected chi connectivity index (χ0v) is 34.4. The van der Waals surface area contributed by atoms with Crippen LogP contribution < -0.4 is 61.5 Å². The summed E-state index contributed by atoms with van der Waals surface area (Å²) >= 11 is 2.50. The fourth-order valence-electron chi connectivity index (χ4n) is 2.00. The second-order valence-electron chi connectivity index (χ2n) is 6.94. The van der Waals surface area contributed by atoms with Crippen LogP contribution in [-0.4, -0.2) is 88.3 Å². The normalized spacial score (nSPS) is 8.76. The van der Waals surface area contributed by atoms with Crippen LogP contribution in [0.4, 0.5) is 0 Å². The number of hydrogen-bond acceptors (Lipinski definition) is 8. The molecule has 0 aliphatic rings. The molecule has 0 fully saturated rings. The Labute approximate surface area is 337 Å². The maximum absolute atomic E-state index is 11.2. The molecular weight excluding hydrogens is 625 g/mol. The van der Waals surface area contributed by atoms with Gasteiger partial charge in [0.25, 0.3) is 0 Å². The van der Waals surface area contributed by atoms with Crippen molar-refractivity contribution in [2.24, 2.45) is 0 Å². The Balaban J connectivity index is -0.000000102. The molecule has 41 heavy (non-hydrogen) atoms. The minimum atomic E-state index is -3.15. The van der Waals surface area contributed by atoms with Gasteiger partial charge in [-0.1, -0.05) is 114 Å². The van der Waals surface area contributed by atoms with Gasteiger partial charge in [0.2, 0.25) is 0 Å². The monoisotopic (exact) mass is 668 g/mol. The van der Waals surface area contributed by atoms with Crippen LogP contribution >= 0.6 is 8.25 Å². The summed E-state index contributed by atoms with van der Waals surface area (Å²) in [7, 11) is -3.15. The van der Waals surface area contributed by atoms with E-state index in [2.05, 4.69) is 42.0 Å². The molecule has 2 rings (SSSR count). The third kappa shape index (κ3) is 48.8. The van der Waals surface area contributed by atoms with Gasteiger partial charge < -0.3 is 19.6 Å². The van der Waals surface area contributed by atoms with Gasteiger partial charge in [0, 0.05) is 12.2 Å². The molecule has 2 aromatic carbocycles. The van der Waals surface area contributed by atoms with Gasteiger partial charge in [-0.25, -0.2) is 14.3 Å². The molecule has 0 N–H and O–H groups in total. The van der Waals surface area contributed by atoms with E-state index < -0.39 is 8.25 Å². The Morgan fingerprint density at radius 2 is 1.27 bits per heavy atom. The first kappa shape index (κ1) is 55.2. The molecule has 0 aliphatic heterocycles. The second kappa shape index (κ2) is 46.2. The van der Waals surface area contributed by atoms with Gasteiger partial charge in [0.1, 0.15) is 0 Å². The van der Waals surface area contributed by atoms with Crippen LogP contribution in [0.1, 0.15) is 65.5 Å². The molecule has 216 valence electrons. The van der Waals surface area contributed by atoms with Crippen LogP contribution in [0.3, 0.4) is 0 Å². The number of unbranched alkanes of at least 4 members (excludes halogenated alkanes) is 2. The van der Waals surface area contributed by atoms with Gasteiger partial charge in [-0.3, -0.25) is 0 Å². The van der Waals surface area contributed by atoms with Crippen LogP contribution in [0.25, 0.3) is 6.08 Å². The average molecular weight is 669 g/mol. The van der Waals surface area contributed by atoms with Crippen molar-refractivity contribution in [1.82, 2.24) is 0 Å². The first-order valence-corrected chi connectivity index (χ1v) is 29.5. The van der Waals surface area contributed by atoms with Crippen molar-refractivity contribution >= 4 is 89.4 Å². The molecule has 0 saturated carbocycles. The number of aryl methyl sites for hydroxylation is 1. The summed E-state index contributed by atoms with van der Waals surface area (Å²) in [5, 5.41) is 8.53. The molecule has 1 unspecified atom stereocenters. The van der Waals surface area contributed by atoms with E-state index in [1.807, 2.05) is 55.5 Å². The van der Waals surface area contributed by atoms with Crippen LogP contribution in [-0.2, 0) is 28.3 Å². The number of carbonyl (C=O) groups is 2. The Bertz CT molecular complexity index is 871. The Morgan fingerprint density at radius 3 is 1.59 bits per heavy atom. The minimum absolute atomic E-state index is 0. The van der Waals surface area contributed by atoms with Gasteiger partial charge in [-0.15, -0.1) is 0 Å². The Morgan fingerprint density at radius 1 is 0.878 bits per heavy atom. The SMILES string of the molecule is C.C.C=CC(=O)OCCCC.CCCCOC(=O)/C=C/c1ccccc1.Cc1ccccc1.O=[P+]([O-])O[O-].[K+].[K][K]. The van der Waals surface area contributed by atoms with Crippen molar-refractivity contribution in [3.63, 3.8) is 0 Å². The molecule has 2 aromatic rings. The van der Waals surface area contributed by atoms with Gasteiger partial charge in [-0.05, 0) is 36.0 Å². The molecule has 0 saturated heterocycles. The third-order valence-electron chi connectivity index (χ3n) is 3.86. The molecule has 0 aliphatic carbocycles. The zero-order valence-electron chi connectivity index (χ0n) is 24.2. The van der Waals surface area contributed by atoms with Crippen LogP contribution in [0.15, 0.2) is 79.4 Å². The maximum atomic E-state index is 11.2. The van der Waals surface area contributed by atoms with E-state index in [0.29, 0.717) is 13.2 Å². The number of carbonyl (C=O) groups excluding carboxylic acids is 2. The number of hydrogen-bond donors (Lipinski definition) is 0. The summed E-state index contributed by atoms with van der Waals surface area (Å²) in [6.45, 7) is 10.5. The van der Waals surface area contributed by atoms with Gasteiger partial charge >= 0.3 is 135 Å². The Kier molecular flexibility index (Phi) is 62.1. The summed E-state index contributed by atoms with van der Waals surface area (Å²) in [5.74, 6) is -0.601. The first-order chi connectivity index (χ1) is 18.3. The average Bonchev–Trinajstić information content (AvgIpc) is 2.95. The van der Waals surface area contributed by atoms with Crippen molar-refractivity contribution in [2.45, 2.75) is 61.3 Å². The number of rotatable bonds is 10. The van der Waals surface area contributed by atoms with E-state index in [-0.39, 0.29) is 78.2 Å². The Hall–Kier alpha value is 1.75. The van der Waals surface area contributed by atoms with Crippen molar-refractivity contribution in [3.8, 4) is 0 Å². The van der Waals surface area contributed by atoms with Crippen LogP contribution in [0, 0.1) is 6.92 Å². The molecule has 8 nitrogen and oxygen atoms in total. The van der Waals surface area contributed by atoms with Crippen molar-refractivity contribution in [2.75, 3.05) is 13.2 Å². The summed E-state index contributed by atoms with van der Waals surface area (Å²) < 4.78 is 21.0. The zero-order chi connectivity index (χ0) is 29.4. The quantitative estimate of drug-likeness (QED) is 0.0719. The van der Waals surface area contributed by atoms with Gasteiger partial charge in [0.15, 0.2) is 0 Å². The van der Waals surface area contributed by atoms with E-state index in [9.17, 15) is 9.59 Å². The molecule has 1 atom stereocenters. The fourth-order valence-corrected chi connectivity index (χ4v) is 2.00. The molecule has 12 heteroatoms. The van der Waals surface area contributed by atoms with Crippen molar-refractivity contribution in [3.05, 3.63) is 90.5 Å². The number of esters is 2. The van der Waals surface area contributed by atoms with Gasteiger partial charge in [0.05, 0.1) is 13.2 Å². The molecule has 0 bridgehead atoms. The second-order valence-corrected chi connectivity index (χ2v) is 7.54. The van der Waals surface area contributed by atoms with E-state index in [0.717, 1.165) is 31.2 Å². The van der Waals surface area contributed by atoms with Crippen LogP contribution in [0.2, 0.25) is 0 Å². The predicted octanol–water partition coefficient (Wildman–Crippen LogP) is 2.36. The van der Waals surface area contributed by atoms with E-state index >= 15 is 0 Å². The summed E-state index contributed by atoms with van der Waals surface area (Å²) in [4.78, 5) is 30.4. The molecule has 0 aromatic heterocycles. The van der Waals surface area contributed by atoms with E-state index in [1.165, 1.54) is 80.9 Å². The predicted molar refractivity (Wildman–Crippen MR) is 162 cm³/mol. The van der Waals surface area contributed by atoms with Gasteiger partial charge in [-0.2, -0.15) is 0 Å². The topological polar surface area (TPSA) is 125 Å². The summed E-state index contributed by atoms with van der Waals surface area (Å²) in [6.07, 6.45) is 8.33. The van der Waals surface area contributed by atoms with Crippen molar-refractivity contribution < 1.29 is 89.8 Å². The summed E-state index contributed by atoms with van der Waals surface area (Å²) in [5.41, 5.74) is 2.33. The number of ether oxygens (including phenoxy) is 2. The fraction of sp³-hybridized carbons (Fsp3) is 0.379. The van der Waals surface area contributed by atoms with E-state index in [1.54, 1.807) is 6.08 Å². The first-order valence-electron chi connectivity index (χ1n) is 12.5. The van der Waals surface area contributed by atoms with Crippen molar-refractivity contribution in [1.29, 1.82) is 0 Å². The molecule has 0 spiro atoms. The van der Waals surface area contributed by atoms with Crippen LogP contribution in [0.5, 0.6) is 0 Å². The molecular formula is C29H44K3O8P. The number of benzene rings is 2. The standard InChI is InChI=1S/C13H16O2.C7H12O2.C7H8.2CH4.3K.HO4P/c1-2-3-11-15-13(14)10-9-12-7-5-4-6-8-12;1-3-5-6-9-7(8)4-2;1-7-5-3-2-4-6-7;;;;;;1-4-5(2)3/h4-10H,2-3,11H2,1H3;4H,2-3,5-6H2,1H3;2-6H,1H3;2*1H4;;;;1H/q;;;;;;;+1;/p-1/b10-9+;;;;;;;;. The van der Waals surface area contributed by atoms with E-state index in [4.69, 9.17) is 19.5 Å². The summed E-state index contributed by atoms with van der Waals surface area (Å²) in [6, 6.07) is 19.9. The molecule has 0 amide bonds. The molecule has 0 heterocycles.